The van der Waals surface area contributed by atoms with Gasteiger partial charge in [0.05, 0.1) is 18.8 Å². The summed E-state index contributed by atoms with van der Waals surface area (Å²) in [5.41, 5.74) is 3.08. The zero-order chi connectivity index (χ0) is 18.1. The molecule has 2 aromatic carbocycles. The standard InChI is InChI=1S/C21H23NO4/c1-25-20(24)15-4-2-14(3-5-15)16-6-7-19-17(12-16)18(23)13-21(26-19)8-10-22-11-9-21/h2-7,12,18,22-23H,8-11,13H2,1H3. The first-order valence-electron chi connectivity index (χ1n) is 9.01. The normalized spacial score (nSPS) is 20.9. The van der Waals surface area contributed by atoms with Crippen molar-refractivity contribution in [1.29, 1.82) is 0 Å². The van der Waals surface area contributed by atoms with Crippen LogP contribution in [0.2, 0.25) is 0 Å². The van der Waals surface area contributed by atoms with E-state index in [1.165, 1.54) is 7.11 Å². The molecule has 0 saturated carbocycles. The number of esters is 1. The van der Waals surface area contributed by atoms with Gasteiger partial charge in [0.1, 0.15) is 11.4 Å². The summed E-state index contributed by atoms with van der Waals surface area (Å²) in [4.78, 5) is 11.6. The SMILES string of the molecule is COC(=O)c1ccc(-c2ccc3c(c2)C(O)CC2(CCNCC2)O3)cc1. The van der Waals surface area contributed by atoms with Crippen LogP contribution in [0, 0.1) is 0 Å². The summed E-state index contributed by atoms with van der Waals surface area (Å²) in [5, 5.41) is 14.1. The van der Waals surface area contributed by atoms with Crippen molar-refractivity contribution in [2.45, 2.75) is 31.0 Å². The van der Waals surface area contributed by atoms with Gasteiger partial charge in [-0.05, 0) is 61.3 Å². The molecule has 2 aromatic rings. The molecule has 0 aliphatic carbocycles. The third-order valence-electron chi connectivity index (χ3n) is 5.41. The molecule has 136 valence electrons. The highest BCUT2D eigenvalue weighted by atomic mass is 16.5. The minimum atomic E-state index is -0.522. The van der Waals surface area contributed by atoms with Crippen molar-refractivity contribution in [3.05, 3.63) is 53.6 Å². The Hall–Kier alpha value is -2.37. The molecule has 0 bridgehead atoms. The first kappa shape index (κ1) is 17.1. The van der Waals surface area contributed by atoms with Crippen LogP contribution in [0.15, 0.2) is 42.5 Å². The molecule has 5 heteroatoms. The van der Waals surface area contributed by atoms with Gasteiger partial charge in [0.25, 0.3) is 0 Å². The van der Waals surface area contributed by atoms with Crippen LogP contribution in [-0.2, 0) is 4.74 Å². The van der Waals surface area contributed by atoms with Gasteiger partial charge in [-0.1, -0.05) is 18.2 Å². The first-order chi connectivity index (χ1) is 12.6. The van der Waals surface area contributed by atoms with Crippen LogP contribution in [-0.4, -0.2) is 36.9 Å². The third kappa shape index (κ3) is 3.08. The Labute approximate surface area is 152 Å². The van der Waals surface area contributed by atoms with Crippen LogP contribution in [0.3, 0.4) is 0 Å². The fourth-order valence-electron chi connectivity index (χ4n) is 3.92. The number of hydrogen-bond acceptors (Lipinski definition) is 5. The third-order valence-corrected chi connectivity index (χ3v) is 5.41. The van der Waals surface area contributed by atoms with Gasteiger partial charge in [-0.3, -0.25) is 0 Å². The fourth-order valence-corrected chi connectivity index (χ4v) is 3.92. The molecule has 0 aromatic heterocycles. The second kappa shape index (κ2) is 6.74. The van der Waals surface area contributed by atoms with Crippen molar-refractivity contribution in [1.82, 2.24) is 5.32 Å². The molecule has 1 fully saturated rings. The molecule has 2 N–H and O–H groups in total. The number of aliphatic hydroxyl groups excluding tert-OH is 1. The number of fused-ring (bicyclic) bond motifs is 1. The molecule has 0 amide bonds. The van der Waals surface area contributed by atoms with Crippen LogP contribution in [0.5, 0.6) is 5.75 Å². The van der Waals surface area contributed by atoms with Crippen LogP contribution < -0.4 is 10.1 Å². The Kier molecular flexibility index (Phi) is 4.42. The summed E-state index contributed by atoms with van der Waals surface area (Å²) in [6.07, 6.45) is 1.94. The van der Waals surface area contributed by atoms with Gasteiger partial charge >= 0.3 is 5.97 Å². The molecule has 2 aliphatic heterocycles. The maximum Gasteiger partial charge on any atom is 0.337 e. The molecule has 4 rings (SSSR count). The Balaban J connectivity index is 1.61. The van der Waals surface area contributed by atoms with Gasteiger partial charge in [-0.2, -0.15) is 0 Å². The van der Waals surface area contributed by atoms with E-state index in [9.17, 15) is 9.90 Å². The van der Waals surface area contributed by atoms with Gasteiger partial charge in [0.2, 0.25) is 0 Å². The molecule has 5 nitrogen and oxygen atoms in total. The molecule has 1 spiro atoms. The maximum absolute atomic E-state index is 11.6. The molecule has 1 unspecified atom stereocenters. The average molecular weight is 353 g/mol. The highest BCUT2D eigenvalue weighted by Gasteiger charge is 2.41. The number of hydrogen-bond donors (Lipinski definition) is 2. The number of benzene rings is 2. The van der Waals surface area contributed by atoms with Gasteiger partial charge in [0.15, 0.2) is 0 Å². The molecule has 2 heterocycles. The molecular weight excluding hydrogens is 330 g/mol. The van der Waals surface area contributed by atoms with Gasteiger partial charge < -0.3 is 19.9 Å². The van der Waals surface area contributed by atoms with Crippen molar-refractivity contribution >= 4 is 5.97 Å². The van der Waals surface area contributed by atoms with E-state index in [-0.39, 0.29) is 11.6 Å². The van der Waals surface area contributed by atoms with Gasteiger partial charge in [0, 0.05) is 12.0 Å². The number of piperidine rings is 1. The predicted molar refractivity (Wildman–Crippen MR) is 98.3 cm³/mol. The molecule has 2 aliphatic rings. The van der Waals surface area contributed by atoms with Crippen LogP contribution >= 0.6 is 0 Å². The quantitative estimate of drug-likeness (QED) is 0.812. The Morgan fingerprint density at radius 2 is 1.85 bits per heavy atom. The van der Waals surface area contributed by atoms with Crippen molar-refractivity contribution in [2.75, 3.05) is 20.2 Å². The molecule has 1 atom stereocenters. The topological polar surface area (TPSA) is 67.8 Å². The summed E-state index contributed by atoms with van der Waals surface area (Å²) in [5.74, 6) is 0.429. The summed E-state index contributed by atoms with van der Waals surface area (Å²) >= 11 is 0. The number of rotatable bonds is 2. The van der Waals surface area contributed by atoms with Gasteiger partial charge in [-0.15, -0.1) is 0 Å². The average Bonchev–Trinajstić information content (AvgIpc) is 2.68. The van der Waals surface area contributed by atoms with E-state index in [0.717, 1.165) is 48.4 Å². The number of aliphatic hydroxyl groups is 1. The fraction of sp³-hybridized carbons (Fsp3) is 0.381. The van der Waals surface area contributed by atoms with Crippen molar-refractivity contribution in [2.24, 2.45) is 0 Å². The summed E-state index contributed by atoms with van der Waals surface area (Å²) < 4.78 is 11.1. The lowest BCUT2D eigenvalue weighted by atomic mass is 9.81. The van der Waals surface area contributed by atoms with Crippen molar-refractivity contribution < 1.29 is 19.4 Å². The van der Waals surface area contributed by atoms with Crippen molar-refractivity contribution in [3.63, 3.8) is 0 Å². The molecule has 26 heavy (non-hydrogen) atoms. The number of methoxy groups -OCH3 is 1. The minimum absolute atomic E-state index is 0.249. The Bertz CT molecular complexity index is 809. The molecule has 0 radical (unpaired) electrons. The van der Waals surface area contributed by atoms with Gasteiger partial charge in [-0.25, -0.2) is 4.79 Å². The van der Waals surface area contributed by atoms with E-state index in [1.54, 1.807) is 12.1 Å². The van der Waals surface area contributed by atoms with E-state index in [1.807, 2.05) is 30.3 Å². The largest absolute Gasteiger partial charge is 0.487 e. The van der Waals surface area contributed by atoms with E-state index in [2.05, 4.69) is 5.32 Å². The lowest BCUT2D eigenvalue weighted by Crippen LogP contribution is -2.49. The zero-order valence-electron chi connectivity index (χ0n) is 14.8. The summed E-state index contributed by atoms with van der Waals surface area (Å²) in [6.45, 7) is 1.85. The Morgan fingerprint density at radius 3 is 2.54 bits per heavy atom. The molecule has 1 saturated heterocycles. The highest BCUT2D eigenvalue weighted by molar-refractivity contribution is 5.90. The van der Waals surface area contributed by atoms with E-state index in [0.29, 0.717) is 12.0 Å². The van der Waals surface area contributed by atoms with E-state index < -0.39 is 6.10 Å². The monoisotopic (exact) mass is 353 g/mol. The van der Waals surface area contributed by atoms with Crippen LogP contribution in [0.25, 0.3) is 11.1 Å². The lowest BCUT2D eigenvalue weighted by molar-refractivity contribution is -0.0336. The summed E-state index contributed by atoms with van der Waals surface area (Å²) in [6, 6.07) is 13.2. The molecular formula is C21H23NO4. The second-order valence-electron chi connectivity index (χ2n) is 7.08. The summed E-state index contributed by atoms with van der Waals surface area (Å²) in [7, 11) is 1.37. The maximum atomic E-state index is 11.6. The minimum Gasteiger partial charge on any atom is -0.487 e. The Morgan fingerprint density at radius 1 is 1.15 bits per heavy atom. The van der Waals surface area contributed by atoms with Crippen molar-refractivity contribution in [3.8, 4) is 16.9 Å². The second-order valence-corrected chi connectivity index (χ2v) is 7.08. The first-order valence-corrected chi connectivity index (χ1v) is 9.01. The lowest BCUT2D eigenvalue weighted by Gasteiger charge is -2.43. The van der Waals surface area contributed by atoms with Crippen LogP contribution in [0.1, 0.15) is 41.3 Å². The number of carbonyl (C=O) groups excluding carboxylic acids is 1. The smallest absolute Gasteiger partial charge is 0.337 e. The zero-order valence-corrected chi connectivity index (χ0v) is 14.8. The van der Waals surface area contributed by atoms with Crippen LogP contribution in [0.4, 0.5) is 0 Å². The number of carbonyl (C=O) groups is 1. The van der Waals surface area contributed by atoms with E-state index in [4.69, 9.17) is 9.47 Å². The number of ether oxygens (including phenoxy) is 2. The van der Waals surface area contributed by atoms with E-state index >= 15 is 0 Å². The number of nitrogens with one attached hydrogen (secondary N) is 1. The predicted octanol–water partition coefficient (Wildman–Crippen LogP) is 3.08. The highest BCUT2D eigenvalue weighted by Crippen LogP contribution is 2.44.